The van der Waals surface area contributed by atoms with Crippen LogP contribution in [0.2, 0.25) is 0 Å². The average molecular weight is 386 g/mol. The summed E-state index contributed by atoms with van der Waals surface area (Å²) >= 11 is 0. The standard InChI is InChI=1S/C20H14N6O3/c1-13-17(10-21)19(25(23-13)14-5-3-2-4-6-14)11-24-12-22-18-8-7-15(26(28)29)9-16(18)20(24)27/h2-9,12H,11H2,1H3. The van der Waals surface area contributed by atoms with E-state index >= 15 is 0 Å². The Balaban J connectivity index is 1.87. The van der Waals surface area contributed by atoms with E-state index in [2.05, 4.69) is 16.2 Å². The molecule has 4 rings (SSSR count). The third kappa shape index (κ3) is 3.12. The molecule has 0 N–H and O–H groups in total. The highest BCUT2D eigenvalue weighted by Gasteiger charge is 2.18. The summed E-state index contributed by atoms with van der Waals surface area (Å²) in [7, 11) is 0. The number of benzene rings is 2. The summed E-state index contributed by atoms with van der Waals surface area (Å²) in [6.07, 6.45) is 1.37. The summed E-state index contributed by atoms with van der Waals surface area (Å²) in [5, 5.41) is 25.2. The zero-order valence-corrected chi connectivity index (χ0v) is 15.3. The van der Waals surface area contributed by atoms with Crippen molar-refractivity contribution in [3.05, 3.63) is 92.3 Å². The summed E-state index contributed by atoms with van der Waals surface area (Å²) < 4.78 is 2.95. The van der Waals surface area contributed by atoms with Crippen LogP contribution >= 0.6 is 0 Å². The Kier molecular flexibility index (Phi) is 4.37. The maximum Gasteiger partial charge on any atom is 0.270 e. The first-order valence-corrected chi connectivity index (χ1v) is 8.67. The number of nitriles is 1. The number of nitrogens with zero attached hydrogens (tertiary/aromatic N) is 6. The van der Waals surface area contributed by atoms with E-state index in [1.54, 1.807) is 11.6 Å². The van der Waals surface area contributed by atoms with Gasteiger partial charge in [-0.2, -0.15) is 10.4 Å². The molecule has 0 bridgehead atoms. The second kappa shape index (κ2) is 7.01. The molecule has 0 radical (unpaired) electrons. The third-order valence-corrected chi connectivity index (χ3v) is 4.61. The number of nitro benzene ring substituents is 1. The van der Waals surface area contributed by atoms with Crippen LogP contribution in [-0.4, -0.2) is 24.3 Å². The van der Waals surface area contributed by atoms with Crippen molar-refractivity contribution >= 4 is 16.6 Å². The van der Waals surface area contributed by atoms with Crippen molar-refractivity contribution in [1.82, 2.24) is 19.3 Å². The van der Waals surface area contributed by atoms with E-state index in [4.69, 9.17) is 0 Å². The van der Waals surface area contributed by atoms with E-state index < -0.39 is 10.5 Å². The molecule has 0 saturated carbocycles. The molecule has 29 heavy (non-hydrogen) atoms. The second-order valence-electron chi connectivity index (χ2n) is 6.40. The van der Waals surface area contributed by atoms with Crippen LogP contribution in [0.4, 0.5) is 5.69 Å². The van der Waals surface area contributed by atoms with Gasteiger partial charge in [0.05, 0.1) is 51.3 Å². The monoisotopic (exact) mass is 386 g/mol. The number of fused-ring (bicyclic) bond motifs is 1. The Morgan fingerprint density at radius 3 is 2.66 bits per heavy atom. The van der Waals surface area contributed by atoms with Gasteiger partial charge < -0.3 is 0 Å². The first-order chi connectivity index (χ1) is 14.0. The Hall–Kier alpha value is -4.32. The van der Waals surface area contributed by atoms with Gasteiger partial charge in [-0.25, -0.2) is 9.67 Å². The number of nitro groups is 1. The molecule has 0 aliphatic carbocycles. The summed E-state index contributed by atoms with van der Waals surface area (Å²) in [5.74, 6) is 0. The van der Waals surface area contributed by atoms with Gasteiger partial charge in [-0.05, 0) is 25.1 Å². The minimum atomic E-state index is -0.558. The number of para-hydroxylation sites is 1. The largest absolute Gasteiger partial charge is 0.293 e. The number of hydrogen-bond acceptors (Lipinski definition) is 6. The molecule has 142 valence electrons. The first-order valence-electron chi connectivity index (χ1n) is 8.67. The molecule has 0 spiro atoms. The van der Waals surface area contributed by atoms with E-state index in [-0.39, 0.29) is 17.6 Å². The van der Waals surface area contributed by atoms with Crippen molar-refractivity contribution in [2.24, 2.45) is 0 Å². The fraction of sp³-hybridized carbons (Fsp3) is 0.100. The number of aromatic nitrogens is 4. The molecule has 0 amide bonds. The van der Waals surface area contributed by atoms with Gasteiger partial charge in [-0.1, -0.05) is 18.2 Å². The molecule has 0 saturated heterocycles. The van der Waals surface area contributed by atoms with Crippen molar-refractivity contribution in [1.29, 1.82) is 5.26 Å². The molecule has 4 aromatic rings. The van der Waals surface area contributed by atoms with Gasteiger partial charge in [0, 0.05) is 12.1 Å². The lowest BCUT2D eigenvalue weighted by atomic mass is 10.2. The normalized spacial score (nSPS) is 10.8. The van der Waals surface area contributed by atoms with E-state index in [1.165, 1.54) is 29.1 Å². The maximum absolute atomic E-state index is 12.9. The summed E-state index contributed by atoms with van der Waals surface area (Å²) in [5.41, 5.74) is 1.96. The molecule has 2 aromatic carbocycles. The Morgan fingerprint density at radius 1 is 1.21 bits per heavy atom. The molecule has 0 fully saturated rings. The zero-order valence-electron chi connectivity index (χ0n) is 15.3. The van der Waals surface area contributed by atoms with Crippen molar-refractivity contribution < 1.29 is 4.92 Å². The molecular weight excluding hydrogens is 372 g/mol. The number of rotatable bonds is 4. The van der Waals surface area contributed by atoms with Crippen LogP contribution in [0.25, 0.3) is 16.6 Å². The molecule has 2 heterocycles. The average Bonchev–Trinajstić information content (AvgIpc) is 3.05. The molecule has 9 heteroatoms. The summed E-state index contributed by atoms with van der Waals surface area (Å²) in [6, 6.07) is 15.4. The molecule has 0 aliphatic rings. The molecule has 0 unspecified atom stereocenters. The second-order valence-corrected chi connectivity index (χ2v) is 6.40. The minimum Gasteiger partial charge on any atom is -0.293 e. The predicted molar refractivity (Wildman–Crippen MR) is 105 cm³/mol. The quantitative estimate of drug-likeness (QED) is 0.393. The van der Waals surface area contributed by atoms with Crippen molar-refractivity contribution in [3.63, 3.8) is 0 Å². The van der Waals surface area contributed by atoms with E-state index in [0.29, 0.717) is 22.5 Å². The van der Waals surface area contributed by atoms with Crippen LogP contribution in [-0.2, 0) is 6.54 Å². The van der Waals surface area contributed by atoms with Crippen molar-refractivity contribution in [2.75, 3.05) is 0 Å². The Labute approximate surface area is 164 Å². The highest BCUT2D eigenvalue weighted by molar-refractivity contribution is 5.79. The number of non-ortho nitro benzene ring substituents is 1. The maximum atomic E-state index is 12.9. The van der Waals surface area contributed by atoms with E-state index in [9.17, 15) is 20.2 Å². The molecule has 0 atom stereocenters. The van der Waals surface area contributed by atoms with Gasteiger partial charge in [-0.15, -0.1) is 0 Å². The first kappa shape index (κ1) is 18.1. The molecule has 9 nitrogen and oxygen atoms in total. The highest BCUT2D eigenvalue weighted by Crippen LogP contribution is 2.20. The fourth-order valence-corrected chi connectivity index (χ4v) is 3.18. The topological polar surface area (TPSA) is 120 Å². The lowest BCUT2D eigenvalue weighted by Crippen LogP contribution is -2.23. The fourth-order valence-electron chi connectivity index (χ4n) is 3.18. The minimum absolute atomic E-state index is 0.0447. The molecule has 2 aromatic heterocycles. The highest BCUT2D eigenvalue weighted by atomic mass is 16.6. The van der Waals surface area contributed by atoms with E-state index in [1.807, 2.05) is 30.3 Å². The molecular formula is C20H14N6O3. The third-order valence-electron chi connectivity index (χ3n) is 4.61. The van der Waals surface area contributed by atoms with Crippen LogP contribution in [0.5, 0.6) is 0 Å². The Morgan fingerprint density at radius 2 is 1.97 bits per heavy atom. The van der Waals surface area contributed by atoms with Crippen LogP contribution in [0.1, 0.15) is 17.0 Å². The van der Waals surface area contributed by atoms with Gasteiger partial charge >= 0.3 is 0 Å². The zero-order chi connectivity index (χ0) is 20.5. The smallest absolute Gasteiger partial charge is 0.270 e. The summed E-state index contributed by atoms with van der Waals surface area (Å²) in [4.78, 5) is 27.7. The lowest BCUT2D eigenvalue weighted by Gasteiger charge is -2.10. The number of aryl methyl sites for hydroxylation is 1. The predicted octanol–water partition coefficient (Wildman–Crippen LogP) is 2.72. The van der Waals surface area contributed by atoms with Gasteiger partial charge in [0.2, 0.25) is 0 Å². The van der Waals surface area contributed by atoms with Gasteiger partial charge in [0.15, 0.2) is 0 Å². The van der Waals surface area contributed by atoms with Gasteiger partial charge in [-0.3, -0.25) is 19.5 Å². The van der Waals surface area contributed by atoms with Gasteiger partial charge in [0.25, 0.3) is 11.2 Å². The van der Waals surface area contributed by atoms with Gasteiger partial charge in [0.1, 0.15) is 6.07 Å². The summed E-state index contributed by atoms with van der Waals surface area (Å²) in [6.45, 7) is 1.77. The van der Waals surface area contributed by atoms with E-state index in [0.717, 1.165) is 5.69 Å². The van der Waals surface area contributed by atoms with Crippen molar-refractivity contribution in [2.45, 2.75) is 13.5 Å². The lowest BCUT2D eigenvalue weighted by molar-refractivity contribution is -0.384. The number of hydrogen-bond donors (Lipinski definition) is 0. The van der Waals surface area contributed by atoms with Crippen molar-refractivity contribution in [3.8, 4) is 11.8 Å². The van der Waals surface area contributed by atoms with Crippen LogP contribution in [0.15, 0.2) is 59.7 Å². The van der Waals surface area contributed by atoms with Crippen LogP contribution < -0.4 is 5.56 Å². The molecule has 0 aliphatic heterocycles. The van der Waals surface area contributed by atoms with Crippen LogP contribution in [0, 0.1) is 28.4 Å². The van der Waals surface area contributed by atoms with Crippen LogP contribution in [0.3, 0.4) is 0 Å². The SMILES string of the molecule is Cc1nn(-c2ccccc2)c(Cn2cnc3ccc([N+](=O)[O-])cc3c2=O)c1C#N. The Bertz CT molecular complexity index is 1350.